The van der Waals surface area contributed by atoms with Gasteiger partial charge in [0.25, 0.3) is 0 Å². The normalized spacial score (nSPS) is 12.0. The fourth-order valence-corrected chi connectivity index (χ4v) is 1.64. The summed E-state index contributed by atoms with van der Waals surface area (Å²) in [6.07, 6.45) is 3.30. The first-order valence-corrected chi connectivity index (χ1v) is 6.10. The van der Waals surface area contributed by atoms with E-state index in [4.69, 9.17) is 5.11 Å². The van der Waals surface area contributed by atoms with Crippen LogP contribution in [0.3, 0.4) is 0 Å². The van der Waals surface area contributed by atoms with E-state index in [1.807, 2.05) is 19.1 Å². The van der Waals surface area contributed by atoms with Gasteiger partial charge in [-0.05, 0) is 38.5 Å². The van der Waals surface area contributed by atoms with Crippen LogP contribution in [0.1, 0.15) is 32.4 Å². The number of carbonyl (C=O) groups excluding carboxylic acids is 1. The second-order valence-electron chi connectivity index (χ2n) is 4.57. The summed E-state index contributed by atoms with van der Waals surface area (Å²) in [6.45, 7) is 5.08. The van der Waals surface area contributed by atoms with Gasteiger partial charge in [-0.25, -0.2) is 4.79 Å². The van der Waals surface area contributed by atoms with Gasteiger partial charge in [0.2, 0.25) is 0 Å². The summed E-state index contributed by atoms with van der Waals surface area (Å²) in [5.41, 5.74) is 0.919. The monoisotopic (exact) mass is 265 g/mol. The minimum Gasteiger partial charge on any atom is -0.480 e. The molecular formula is C13H19N3O3. The maximum absolute atomic E-state index is 12.0. The molecular weight excluding hydrogens is 246 g/mol. The van der Waals surface area contributed by atoms with Crippen molar-refractivity contribution in [2.45, 2.75) is 32.9 Å². The van der Waals surface area contributed by atoms with Crippen LogP contribution in [0.15, 0.2) is 24.5 Å². The van der Waals surface area contributed by atoms with Crippen molar-refractivity contribution < 1.29 is 14.7 Å². The smallest absolute Gasteiger partial charge is 0.323 e. The summed E-state index contributed by atoms with van der Waals surface area (Å²) >= 11 is 0. The highest BCUT2D eigenvalue weighted by Gasteiger charge is 2.21. The molecule has 2 amide bonds. The molecule has 0 aliphatic heterocycles. The molecule has 0 bridgehead atoms. The molecule has 6 nitrogen and oxygen atoms in total. The van der Waals surface area contributed by atoms with Gasteiger partial charge in [0, 0.05) is 18.4 Å². The second kappa shape index (κ2) is 6.72. The third-order valence-corrected chi connectivity index (χ3v) is 2.74. The highest BCUT2D eigenvalue weighted by Crippen LogP contribution is 2.11. The molecule has 0 spiro atoms. The molecule has 0 saturated carbocycles. The molecule has 0 fully saturated rings. The Morgan fingerprint density at radius 3 is 2.37 bits per heavy atom. The highest BCUT2D eigenvalue weighted by atomic mass is 16.4. The quantitative estimate of drug-likeness (QED) is 0.848. The zero-order chi connectivity index (χ0) is 14.4. The topological polar surface area (TPSA) is 82.5 Å². The van der Waals surface area contributed by atoms with Gasteiger partial charge in [0.1, 0.15) is 6.54 Å². The van der Waals surface area contributed by atoms with Gasteiger partial charge in [-0.3, -0.25) is 9.78 Å². The number of aliphatic carboxylic acids is 1. The summed E-state index contributed by atoms with van der Waals surface area (Å²) in [7, 11) is 0. The van der Waals surface area contributed by atoms with Crippen LogP contribution in [-0.2, 0) is 4.79 Å². The van der Waals surface area contributed by atoms with E-state index < -0.39 is 5.97 Å². The van der Waals surface area contributed by atoms with E-state index in [1.165, 1.54) is 4.90 Å². The van der Waals surface area contributed by atoms with E-state index in [1.54, 1.807) is 26.2 Å². The van der Waals surface area contributed by atoms with Gasteiger partial charge in [0.05, 0.1) is 6.04 Å². The van der Waals surface area contributed by atoms with E-state index in [9.17, 15) is 9.59 Å². The van der Waals surface area contributed by atoms with E-state index >= 15 is 0 Å². The summed E-state index contributed by atoms with van der Waals surface area (Å²) in [4.78, 5) is 28.0. The first-order valence-electron chi connectivity index (χ1n) is 6.10. The van der Waals surface area contributed by atoms with Crippen LogP contribution in [0.25, 0.3) is 0 Å². The van der Waals surface area contributed by atoms with Gasteiger partial charge < -0.3 is 15.3 Å². The molecule has 1 heterocycles. The van der Waals surface area contributed by atoms with Crippen LogP contribution in [0.2, 0.25) is 0 Å². The number of carboxylic acids is 1. The first-order chi connectivity index (χ1) is 8.91. The van der Waals surface area contributed by atoms with Crippen molar-refractivity contribution in [1.29, 1.82) is 0 Å². The molecule has 1 rings (SSSR count). The number of amides is 2. The number of rotatable bonds is 5. The number of nitrogens with zero attached hydrogens (tertiary/aromatic N) is 2. The number of hydrogen-bond acceptors (Lipinski definition) is 3. The molecule has 1 aromatic heterocycles. The van der Waals surface area contributed by atoms with Crippen molar-refractivity contribution in [2.24, 2.45) is 0 Å². The van der Waals surface area contributed by atoms with Crippen LogP contribution >= 0.6 is 0 Å². The average molecular weight is 265 g/mol. The van der Waals surface area contributed by atoms with E-state index in [0.717, 1.165) is 5.56 Å². The molecule has 19 heavy (non-hydrogen) atoms. The summed E-state index contributed by atoms with van der Waals surface area (Å²) < 4.78 is 0. The van der Waals surface area contributed by atoms with Gasteiger partial charge in [-0.1, -0.05) is 0 Å². The lowest BCUT2D eigenvalue weighted by Crippen LogP contribution is -2.47. The maximum Gasteiger partial charge on any atom is 0.323 e. The van der Waals surface area contributed by atoms with E-state index in [-0.39, 0.29) is 24.7 Å². The van der Waals surface area contributed by atoms with E-state index in [2.05, 4.69) is 10.3 Å². The zero-order valence-electron chi connectivity index (χ0n) is 11.3. The van der Waals surface area contributed by atoms with Crippen LogP contribution in [-0.4, -0.2) is 39.6 Å². The summed E-state index contributed by atoms with van der Waals surface area (Å²) in [5, 5.41) is 11.6. The van der Waals surface area contributed by atoms with Crippen LogP contribution < -0.4 is 5.32 Å². The molecule has 1 atom stereocenters. The molecule has 6 heteroatoms. The van der Waals surface area contributed by atoms with Crippen molar-refractivity contribution in [3.8, 4) is 0 Å². The number of pyridine rings is 1. The third kappa shape index (κ3) is 4.57. The predicted octanol–water partition coefficient (Wildman–Crippen LogP) is 1.65. The number of carbonyl (C=O) groups is 2. The molecule has 0 aromatic carbocycles. The van der Waals surface area contributed by atoms with Crippen molar-refractivity contribution in [2.75, 3.05) is 6.54 Å². The SMILES string of the molecule is CC(NC(=O)N(CC(=O)O)C(C)C)c1ccncc1. The van der Waals surface area contributed by atoms with Gasteiger partial charge in [-0.15, -0.1) is 0 Å². The van der Waals surface area contributed by atoms with Gasteiger partial charge in [0.15, 0.2) is 0 Å². The Hall–Kier alpha value is -2.11. The third-order valence-electron chi connectivity index (χ3n) is 2.74. The van der Waals surface area contributed by atoms with Crippen molar-refractivity contribution >= 4 is 12.0 Å². The molecule has 104 valence electrons. The Bertz CT molecular complexity index is 434. The molecule has 1 unspecified atom stereocenters. The lowest BCUT2D eigenvalue weighted by atomic mass is 10.1. The Morgan fingerprint density at radius 1 is 1.32 bits per heavy atom. The Kier molecular flexibility index (Phi) is 5.29. The fourth-order valence-electron chi connectivity index (χ4n) is 1.64. The predicted molar refractivity (Wildman–Crippen MR) is 70.7 cm³/mol. The van der Waals surface area contributed by atoms with Crippen molar-refractivity contribution in [3.05, 3.63) is 30.1 Å². The highest BCUT2D eigenvalue weighted by molar-refractivity contribution is 5.80. The number of carboxylic acid groups (broad SMARTS) is 1. The Morgan fingerprint density at radius 2 is 1.89 bits per heavy atom. The fraction of sp³-hybridized carbons (Fsp3) is 0.462. The number of aromatic nitrogens is 1. The molecule has 1 aromatic rings. The molecule has 2 N–H and O–H groups in total. The maximum atomic E-state index is 12.0. The Balaban J connectivity index is 2.69. The summed E-state index contributed by atoms with van der Waals surface area (Å²) in [6, 6.07) is 2.84. The van der Waals surface area contributed by atoms with Crippen LogP contribution in [0, 0.1) is 0 Å². The number of urea groups is 1. The van der Waals surface area contributed by atoms with Gasteiger partial charge in [-0.2, -0.15) is 0 Å². The lowest BCUT2D eigenvalue weighted by Gasteiger charge is -2.27. The second-order valence-corrected chi connectivity index (χ2v) is 4.57. The minimum absolute atomic E-state index is 0.180. The molecule has 0 radical (unpaired) electrons. The number of hydrogen-bond donors (Lipinski definition) is 2. The number of nitrogens with one attached hydrogen (secondary N) is 1. The Labute approximate surface area is 112 Å². The standard InChI is InChI=1S/C13H19N3O3/c1-9(2)16(8-12(17)18)13(19)15-10(3)11-4-6-14-7-5-11/h4-7,9-10H,8H2,1-3H3,(H,15,19)(H,17,18). The average Bonchev–Trinajstić information content (AvgIpc) is 2.36. The van der Waals surface area contributed by atoms with Gasteiger partial charge >= 0.3 is 12.0 Å². The zero-order valence-corrected chi connectivity index (χ0v) is 11.3. The van der Waals surface area contributed by atoms with Crippen LogP contribution in [0.5, 0.6) is 0 Å². The van der Waals surface area contributed by atoms with E-state index in [0.29, 0.717) is 0 Å². The largest absolute Gasteiger partial charge is 0.480 e. The lowest BCUT2D eigenvalue weighted by molar-refractivity contribution is -0.138. The van der Waals surface area contributed by atoms with Crippen molar-refractivity contribution in [1.82, 2.24) is 15.2 Å². The van der Waals surface area contributed by atoms with Crippen LogP contribution in [0.4, 0.5) is 4.79 Å². The molecule has 0 saturated heterocycles. The molecule has 0 aliphatic rings. The van der Waals surface area contributed by atoms with Crippen molar-refractivity contribution in [3.63, 3.8) is 0 Å². The molecule has 0 aliphatic carbocycles. The first kappa shape index (κ1) is 14.9. The summed E-state index contributed by atoms with van der Waals surface area (Å²) in [5.74, 6) is -1.03. The minimum atomic E-state index is -1.03.